The van der Waals surface area contributed by atoms with Crippen LogP contribution >= 0.6 is 0 Å². The summed E-state index contributed by atoms with van der Waals surface area (Å²) < 4.78 is 0. The first-order valence-corrected chi connectivity index (χ1v) is 3.21. The molecule has 0 bridgehead atoms. The monoisotopic (exact) mass is 125 g/mol. The van der Waals surface area contributed by atoms with Crippen LogP contribution in [0.2, 0.25) is 0 Å². The number of hydrogen-bond donors (Lipinski definition) is 1. The molecule has 0 saturated carbocycles. The van der Waals surface area contributed by atoms with Gasteiger partial charge in [0.15, 0.2) is 0 Å². The van der Waals surface area contributed by atoms with Crippen LogP contribution < -0.4 is 5.73 Å². The lowest BCUT2D eigenvalue weighted by Gasteiger charge is -2.16. The molecule has 1 fully saturated rings. The minimum atomic E-state index is 0.337. The van der Waals surface area contributed by atoms with E-state index in [0.717, 1.165) is 25.2 Å². The summed E-state index contributed by atoms with van der Waals surface area (Å²) in [6, 6.07) is 0.337. The minimum absolute atomic E-state index is 0.337. The fraction of sp³-hybridized carbons (Fsp3) is 0.571. The molecule has 2 heteroatoms. The fourth-order valence-electron chi connectivity index (χ4n) is 1.07. The third-order valence-electron chi connectivity index (χ3n) is 1.67. The predicted molar refractivity (Wildman–Crippen MR) is 38.7 cm³/mol. The summed E-state index contributed by atoms with van der Waals surface area (Å²) >= 11 is 0. The van der Waals surface area contributed by atoms with Gasteiger partial charge in [-0.25, -0.2) is 0 Å². The lowest BCUT2D eigenvalue weighted by molar-refractivity contribution is 0.434. The Hall–Kier alpha value is -0.500. The molecule has 0 aromatic rings. The van der Waals surface area contributed by atoms with Crippen molar-refractivity contribution in [2.75, 3.05) is 13.1 Å². The van der Waals surface area contributed by atoms with Gasteiger partial charge in [-0.1, -0.05) is 6.58 Å². The predicted octanol–water partition coefficient (Wildman–Crippen LogP) is 0.367. The minimum Gasteiger partial charge on any atom is -0.374 e. The third-order valence-corrected chi connectivity index (χ3v) is 1.67. The number of hydrogen-bond acceptors (Lipinski definition) is 2. The summed E-state index contributed by atoms with van der Waals surface area (Å²) in [6.07, 6.45) is 1.08. The van der Waals surface area contributed by atoms with Crippen molar-refractivity contribution >= 4 is 0 Å². The van der Waals surface area contributed by atoms with E-state index < -0.39 is 0 Å². The highest BCUT2D eigenvalue weighted by Gasteiger charge is 2.17. The standard InChI is InChI=1S/C7H13N2/c1-6(2)9-4-3-7(8)5-9/h7H,1-5,8H2. The van der Waals surface area contributed by atoms with Crippen LogP contribution in [0.5, 0.6) is 0 Å². The van der Waals surface area contributed by atoms with Crippen LogP contribution in [0, 0.1) is 6.92 Å². The van der Waals surface area contributed by atoms with Crippen molar-refractivity contribution < 1.29 is 0 Å². The summed E-state index contributed by atoms with van der Waals surface area (Å²) in [5, 5.41) is 0. The first-order valence-electron chi connectivity index (χ1n) is 3.21. The summed E-state index contributed by atoms with van der Waals surface area (Å²) in [5.41, 5.74) is 6.54. The first kappa shape index (κ1) is 6.62. The first-order chi connectivity index (χ1) is 4.20. The number of nitrogens with two attached hydrogens (primary N) is 1. The van der Waals surface area contributed by atoms with E-state index in [1.807, 2.05) is 0 Å². The second-order valence-electron chi connectivity index (χ2n) is 2.56. The SMILES string of the molecule is [CH2]C(=C)N1CCC(N)C1. The van der Waals surface area contributed by atoms with E-state index in [2.05, 4.69) is 18.4 Å². The van der Waals surface area contributed by atoms with Gasteiger partial charge in [0, 0.05) is 24.8 Å². The molecular formula is C7H13N2. The van der Waals surface area contributed by atoms with E-state index in [9.17, 15) is 0 Å². The van der Waals surface area contributed by atoms with Gasteiger partial charge in [-0.2, -0.15) is 0 Å². The molecule has 1 radical (unpaired) electrons. The number of likely N-dealkylation sites (tertiary alicyclic amines) is 1. The van der Waals surface area contributed by atoms with Gasteiger partial charge in [0.2, 0.25) is 0 Å². The number of allylic oxidation sites excluding steroid dienone is 1. The molecule has 1 aliphatic heterocycles. The molecule has 0 spiro atoms. The summed E-state index contributed by atoms with van der Waals surface area (Å²) in [5.74, 6) is 0. The molecule has 2 N–H and O–H groups in total. The molecule has 2 nitrogen and oxygen atoms in total. The van der Waals surface area contributed by atoms with Gasteiger partial charge in [0.25, 0.3) is 0 Å². The smallest absolute Gasteiger partial charge is 0.0327 e. The zero-order valence-electron chi connectivity index (χ0n) is 5.64. The summed E-state index contributed by atoms with van der Waals surface area (Å²) in [4.78, 5) is 2.12. The molecule has 51 valence electrons. The molecule has 0 aromatic heterocycles. The molecule has 0 aromatic carbocycles. The highest BCUT2D eigenvalue weighted by molar-refractivity contribution is 5.00. The van der Waals surface area contributed by atoms with Gasteiger partial charge >= 0.3 is 0 Å². The van der Waals surface area contributed by atoms with Gasteiger partial charge in [0.1, 0.15) is 0 Å². The lowest BCUT2D eigenvalue weighted by atomic mass is 10.3. The van der Waals surface area contributed by atoms with Crippen LogP contribution in [0.4, 0.5) is 0 Å². The Morgan fingerprint density at radius 2 is 2.33 bits per heavy atom. The Morgan fingerprint density at radius 3 is 2.56 bits per heavy atom. The van der Waals surface area contributed by atoms with Gasteiger partial charge in [0.05, 0.1) is 0 Å². The van der Waals surface area contributed by atoms with Crippen LogP contribution in [0.25, 0.3) is 0 Å². The molecule has 1 aliphatic rings. The van der Waals surface area contributed by atoms with Crippen molar-refractivity contribution in [3.8, 4) is 0 Å². The van der Waals surface area contributed by atoms with E-state index in [-0.39, 0.29) is 0 Å². The number of rotatable bonds is 1. The van der Waals surface area contributed by atoms with Crippen molar-refractivity contribution in [3.05, 3.63) is 19.2 Å². The molecule has 1 atom stereocenters. The fourth-order valence-corrected chi connectivity index (χ4v) is 1.07. The third kappa shape index (κ3) is 1.45. The van der Waals surface area contributed by atoms with Gasteiger partial charge in [-0.15, -0.1) is 0 Å². The summed E-state index contributed by atoms with van der Waals surface area (Å²) in [7, 11) is 0. The highest BCUT2D eigenvalue weighted by atomic mass is 15.2. The molecule has 1 heterocycles. The van der Waals surface area contributed by atoms with Crippen LogP contribution in [-0.4, -0.2) is 24.0 Å². The Balaban J connectivity index is 2.39. The molecule has 1 rings (SSSR count). The van der Waals surface area contributed by atoms with Gasteiger partial charge in [-0.05, 0) is 13.3 Å². The Bertz CT molecular complexity index is 120. The molecule has 9 heavy (non-hydrogen) atoms. The molecule has 1 unspecified atom stereocenters. The maximum Gasteiger partial charge on any atom is 0.0327 e. The second kappa shape index (κ2) is 2.40. The van der Waals surface area contributed by atoms with Crippen molar-refractivity contribution in [1.82, 2.24) is 4.90 Å². The van der Waals surface area contributed by atoms with E-state index >= 15 is 0 Å². The molecule has 1 saturated heterocycles. The maximum atomic E-state index is 5.65. The Labute approximate surface area is 56.3 Å². The van der Waals surface area contributed by atoms with Crippen LogP contribution in [0.15, 0.2) is 12.3 Å². The molecular weight excluding hydrogens is 112 g/mol. The van der Waals surface area contributed by atoms with Crippen molar-refractivity contribution in [1.29, 1.82) is 0 Å². The Kier molecular flexibility index (Phi) is 1.76. The normalized spacial score (nSPS) is 26.9. The van der Waals surface area contributed by atoms with E-state index in [4.69, 9.17) is 5.73 Å². The molecule has 0 amide bonds. The van der Waals surface area contributed by atoms with Gasteiger partial charge in [-0.3, -0.25) is 0 Å². The quantitative estimate of drug-likeness (QED) is 0.548. The van der Waals surface area contributed by atoms with Crippen LogP contribution in [-0.2, 0) is 0 Å². The maximum absolute atomic E-state index is 5.65. The summed E-state index contributed by atoms with van der Waals surface area (Å²) in [6.45, 7) is 9.43. The van der Waals surface area contributed by atoms with Crippen molar-refractivity contribution in [3.63, 3.8) is 0 Å². The van der Waals surface area contributed by atoms with E-state index in [1.54, 1.807) is 0 Å². The van der Waals surface area contributed by atoms with Crippen LogP contribution in [0.3, 0.4) is 0 Å². The lowest BCUT2D eigenvalue weighted by Crippen LogP contribution is -2.25. The van der Waals surface area contributed by atoms with E-state index in [1.165, 1.54) is 0 Å². The second-order valence-corrected chi connectivity index (χ2v) is 2.56. The largest absolute Gasteiger partial charge is 0.374 e. The van der Waals surface area contributed by atoms with Crippen molar-refractivity contribution in [2.45, 2.75) is 12.5 Å². The average molecular weight is 125 g/mol. The molecule has 0 aliphatic carbocycles. The average Bonchev–Trinajstić information content (AvgIpc) is 2.14. The highest BCUT2D eigenvalue weighted by Crippen LogP contribution is 2.10. The Morgan fingerprint density at radius 1 is 1.67 bits per heavy atom. The zero-order chi connectivity index (χ0) is 6.85. The van der Waals surface area contributed by atoms with E-state index in [0.29, 0.717) is 6.04 Å². The zero-order valence-corrected chi connectivity index (χ0v) is 5.64. The number of nitrogens with zero attached hydrogens (tertiary/aromatic N) is 1. The van der Waals surface area contributed by atoms with Crippen molar-refractivity contribution in [2.24, 2.45) is 5.73 Å². The topological polar surface area (TPSA) is 29.3 Å². The van der Waals surface area contributed by atoms with Crippen LogP contribution in [0.1, 0.15) is 6.42 Å². The van der Waals surface area contributed by atoms with Gasteiger partial charge < -0.3 is 10.6 Å².